The average Bonchev–Trinajstić information content (AvgIpc) is 2.76. The molecule has 0 radical (unpaired) electrons. The summed E-state index contributed by atoms with van der Waals surface area (Å²) in [6.45, 7) is 4.07. The molecule has 0 aliphatic carbocycles. The molecule has 1 N–H and O–H groups in total. The van der Waals surface area contributed by atoms with E-state index in [0.717, 1.165) is 0 Å². The van der Waals surface area contributed by atoms with Gasteiger partial charge in [-0.05, 0) is 24.5 Å². The highest BCUT2D eigenvalue weighted by molar-refractivity contribution is 5.53. The van der Waals surface area contributed by atoms with Gasteiger partial charge in [0.15, 0.2) is 0 Å². The Morgan fingerprint density at radius 1 is 1.37 bits per heavy atom. The quantitative estimate of drug-likeness (QED) is 0.902. The Bertz CT molecular complexity index is 540. The zero-order chi connectivity index (χ0) is 13.8. The Kier molecular flexibility index (Phi) is 4.27. The third-order valence-corrected chi connectivity index (χ3v) is 2.70. The lowest BCUT2D eigenvalue weighted by Gasteiger charge is -2.09. The van der Waals surface area contributed by atoms with Crippen LogP contribution < -0.4 is 0 Å². The fourth-order valence-corrected chi connectivity index (χ4v) is 1.91. The first kappa shape index (κ1) is 13.7. The van der Waals surface area contributed by atoms with E-state index < -0.39 is 6.10 Å². The molecule has 5 heteroatoms. The van der Waals surface area contributed by atoms with Crippen molar-refractivity contribution in [1.29, 1.82) is 0 Å². The molecule has 19 heavy (non-hydrogen) atoms. The molecular weight excluding hydrogens is 247 g/mol. The third-order valence-electron chi connectivity index (χ3n) is 2.70. The lowest BCUT2D eigenvalue weighted by molar-refractivity contribution is 0.138. The molecule has 102 valence electrons. The molecular formula is C14H17FN2O2. The van der Waals surface area contributed by atoms with E-state index in [9.17, 15) is 9.50 Å². The number of rotatable bonds is 5. The van der Waals surface area contributed by atoms with Gasteiger partial charge in [0.1, 0.15) is 5.82 Å². The van der Waals surface area contributed by atoms with Crippen LogP contribution in [0.5, 0.6) is 0 Å². The smallest absolute Gasteiger partial charge is 0.229 e. The maximum absolute atomic E-state index is 13.1. The number of hydrogen-bond acceptors (Lipinski definition) is 4. The van der Waals surface area contributed by atoms with Gasteiger partial charge in [-0.25, -0.2) is 4.39 Å². The zero-order valence-corrected chi connectivity index (χ0v) is 11.0. The molecule has 2 aromatic rings. The molecule has 2 rings (SSSR count). The molecule has 0 saturated carbocycles. The van der Waals surface area contributed by atoms with Crippen LogP contribution >= 0.6 is 0 Å². The fraction of sp³-hybridized carbons (Fsp3) is 0.429. The highest BCUT2D eigenvalue weighted by atomic mass is 19.1. The number of aromatic nitrogens is 2. The van der Waals surface area contributed by atoms with Gasteiger partial charge in [0.25, 0.3) is 0 Å². The summed E-state index contributed by atoms with van der Waals surface area (Å²) in [5, 5.41) is 13.6. The van der Waals surface area contributed by atoms with Gasteiger partial charge in [-0.2, -0.15) is 4.98 Å². The van der Waals surface area contributed by atoms with Crippen molar-refractivity contribution in [2.24, 2.45) is 5.92 Å². The summed E-state index contributed by atoms with van der Waals surface area (Å²) in [5.74, 6) is 0.767. The molecule has 0 fully saturated rings. The lowest BCUT2D eigenvalue weighted by atomic mass is 10.0. The van der Waals surface area contributed by atoms with E-state index in [1.807, 2.05) is 13.8 Å². The van der Waals surface area contributed by atoms with E-state index >= 15 is 0 Å². The Balaban J connectivity index is 2.07. The normalized spacial score (nSPS) is 12.9. The summed E-state index contributed by atoms with van der Waals surface area (Å²) in [4.78, 5) is 4.16. The Labute approximate surface area is 111 Å². The Morgan fingerprint density at radius 3 is 2.84 bits per heavy atom. The van der Waals surface area contributed by atoms with Gasteiger partial charge in [-0.1, -0.05) is 31.1 Å². The van der Waals surface area contributed by atoms with Crippen LogP contribution in [0.15, 0.2) is 28.8 Å². The lowest BCUT2D eigenvalue weighted by Crippen LogP contribution is -2.13. The summed E-state index contributed by atoms with van der Waals surface area (Å²) in [7, 11) is 0. The second-order valence-corrected chi connectivity index (χ2v) is 5.01. The third kappa shape index (κ3) is 3.86. The molecule has 1 aromatic carbocycles. The molecule has 1 unspecified atom stereocenters. The first-order valence-corrected chi connectivity index (χ1v) is 6.31. The second kappa shape index (κ2) is 5.93. The number of aliphatic hydroxyl groups excluding tert-OH is 1. The zero-order valence-electron chi connectivity index (χ0n) is 11.0. The SMILES string of the molecule is CC(C)CC(O)Cc1nc(-c2cccc(F)c2)no1. The van der Waals surface area contributed by atoms with E-state index in [1.165, 1.54) is 12.1 Å². The van der Waals surface area contributed by atoms with E-state index in [0.29, 0.717) is 36.0 Å². The monoisotopic (exact) mass is 264 g/mol. The molecule has 0 aliphatic heterocycles. The van der Waals surface area contributed by atoms with Crippen LogP contribution in [0.4, 0.5) is 4.39 Å². The van der Waals surface area contributed by atoms with Gasteiger partial charge in [0.2, 0.25) is 11.7 Å². The van der Waals surface area contributed by atoms with Crippen molar-refractivity contribution in [3.63, 3.8) is 0 Å². The molecule has 1 heterocycles. The van der Waals surface area contributed by atoms with Crippen LogP contribution in [-0.2, 0) is 6.42 Å². The largest absolute Gasteiger partial charge is 0.393 e. The second-order valence-electron chi connectivity index (χ2n) is 5.01. The highest BCUT2D eigenvalue weighted by Gasteiger charge is 2.14. The average molecular weight is 264 g/mol. The maximum Gasteiger partial charge on any atom is 0.229 e. The molecule has 4 nitrogen and oxygen atoms in total. The van der Waals surface area contributed by atoms with E-state index in [-0.39, 0.29) is 5.82 Å². The minimum atomic E-state index is -0.499. The standard InChI is InChI=1S/C14H17FN2O2/c1-9(2)6-12(18)8-13-16-14(17-19-13)10-4-3-5-11(15)7-10/h3-5,7,9,12,18H,6,8H2,1-2H3. The number of halogens is 1. The Hall–Kier alpha value is -1.75. The molecule has 0 spiro atoms. The van der Waals surface area contributed by atoms with Crippen LogP contribution in [0.2, 0.25) is 0 Å². The van der Waals surface area contributed by atoms with E-state index in [1.54, 1.807) is 12.1 Å². The van der Waals surface area contributed by atoms with Gasteiger partial charge in [-0.3, -0.25) is 0 Å². The van der Waals surface area contributed by atoms with Crippen molar-refractivity contribution in [2.45, 2.75) is 32.8 Å². The van der Waals surface area contributed by atoms with Crippen LogP contribution in [-0.4, -0.2) is 21.4 Å². The highest BCUT2D eigenvalue weighted by Crippen LogP contribution is 2.18. The maximum atomic E-state index is 13.1. The summed E-state index contributed by atoms with van der Waals surface area (Å²) < 4.78 is 18.2. The van der Waals surface area contributed by atoms with Gasteiger partial charge < -0.3 is 9.63 Å². The first-order chi connectivity index (χ1) is 9.04. The number of hydrogen-bond donors (Lipinski definition) is 1. The molecule has 0 amide bonds. The predicted octanol–water partition coefficient (Wildman–Crippen LogP) is 2.83. The van der Waals surface area contributed by atoms with Crippen molar-refractivity contribution >= 4 is 0 Å². The van der Waals surface area contributed by atoms with Gasteiger partial charge in [0, 0.05) is 5.56 Å². The predicted molar refractivity (Wildman–Crippen MR) is 68.9 cm³/mol. The fourth-order valence-electron chi connectivity index (χ4n) is 1.91. The minimum absolute atomic E-state index is 0.320. The first-order valence-electron chi connectivity index (χ1n) is 6.31. The van der Waals surface area contributed by atoms with Crippen LogP contribution in [0.3, 0.4) is 0 Å². The minimum Gasteiger partial charge on any atom is -0.393 e. The molecule has 1 atom stereocenters. The molecule has 1 aromatic heterocycles. The topological polar surface area (TPSA) is 59.2 Å². The van der Waals surface area contributed by atoms with E-state index in [4.69, 9.17) is 4.52 Å². The van der Waals surface area contributed by atoms with E-state index in [2.05, 4.69) is 10.1 Å². The Morgan fingerprint density at radius 2 is 2.16 bits per heavy atom. The molecule has 0 bridgehead atoms. The molecule has 0 aliphatic rings. The summed E-state index contributed by atoms with van der Waals surface area (Å²) in [6.07, 6.45) is 0.499. The summed E-state index contributed by atoms with van der Waals surface area (Å²) in [6, 6.07) is 6.01. The van der Waals surface area contributed by atoms with Crippen LogP contribution in [0, 0.1) is 11.7 Å². The van der Waals surface area contributed by atoms with Crippen molar-refractivity contribution in [2.75, 3.05) is 0 Å². The van der Waals surface area contributed by atoms with Crippen molar-refractivity contribution in [1.82, 2.24) is 10.1 Å². The summed E-state index contributed by atoms with van der Waals surface area (Å²) in [5.41, 5.74) is 0.563. The number of nitrogens with zero attached hydrogens (tertiary/aromatic N) is 2. The van der Waals surface area contributed by atoms with Gasteiger partial charge in [0.05, 0.1) is 12.5 Å². The van der Waals surface area contributed by atoms with Crippen LogP contribution in [0.25, 0.3) is 11.4 Å². The van der Waals surface area contributed by atoms with Crippen molar-refractivity contribution in [3.05, 3.63) is 36.0 Å². The van der Waals surface area contributed by atoms with Gasteiger partial charge >= 0.3 is 0 Å². The molecule has 0 saturated heterocycles. The number of benzene rings is 1. The van der Waals surface area contributed by atoms with Crippen LogP contribution in [0.1, 0.15) is 26.2 Å². The van der Waals surface area contributed by atoms with Gasteiger partial charge in [-0.15, -0.1) is 0 Å². The van der Waals surface area contributed by atoms with Crippen molar-refractivity contribution < 1.29 is 14.0 Å². The number of aliphatic hydroxyl groups is 1. The summed E-state index contributed by atoms with van der Waals surface area (Å²) >= 11 is 0. The van der Waals surface area contributed by atoms with Crippen molar-refractivity contribution in [3.8, 4) is 11.4 Å².